The van der Waals surface area contributed by atoms with Gasteiger partial charge in [-0.3, -0.25) is 14.6 Å². The topological polar surface area (TPSA) is 88.1 Å². The number of carbonyl (C=O) groups is 2. The highest BCUT2D eigenvalue weighted by Crippen LogP contribution is 2.36. The first kappa shape index (κ1) is 18.2. The molecule has 1 atom stereocenters. The smallest absolute Gasteiger partial charge is 0.276 e. The zero-order valence-electron chi connectivity index (χ0n) is 15.1. The minimum atomic E-state index is -0.742. The summed E-state index contributed by atoms with van der Waals surface area (Å²) in [6, 6.07) is 12.5. The number of carbonyl (C=O) groups excluding carboxylic acids is 2. The van der Waals surface area contributed by atoms with Crippen molar-refractivity contribution in [2.45, 2.75) is 31.5 Å². The van der Waals surface area contributed by atoms with Gasteiger partial charge < -0.3 is 10.2 Å². The van der Waals surface area contributed by atoms with Gasteiger partial charge in [0.15, 0.2) is 5.69 Å². The maximum Gasteiger partial charge on any atom is 0.276 e. The lowest BCUT2D eigenvalue weighted by atomic mass is 10.0. The average molecular weight is 393 g/mol. The molecule has 0 unspecified atom stereocenters. The molecule has 3 aromatic rings. The normalized spacial score (nSPS) is 14.3. The average Bonchev–Trinajstić information content (AvgIpc) is 3.43. The van der Waals surface area contributed by atoms with Gasteiger partial charge in [-0.05, 0) is 47.6 Å². The number of amides is 2. The molecule has 0 spiro atoms. The maximum absolute atomic E-state index is 13.2. The van der Waals surface area contributed by atoms with Crippen LogP contribution in [0.4, 0.5) is 0 Å². The number of hydrogen-bond acceptors (Lipinski definition) is 6. The Hall–Kier alpha value is -3.13. The highest BCUT2D eigenvalue weighted by atomic mass is 32.1. The first-order valence-corrected chi connectivity index (χ1v) is 9.89. The molecule has 0 saturated heterocycles. The van der Waals surface area contributed by atoms with Crippen LogP contribution in [-0.2, 0) is 11.3 Å². The van der Waals surface area contributed by atoms with Crippen LogP contribution in [0.2, 0.25) is 0 Å². The Morgan fingerprint density at radius 1 is 1.14 bits per heavy atom. The van der Waals surface area contributed by atoms with Crippen molar-refractivity contribution in [1.82, 2.24) is 24.8 Å². The van der Waals surface area contributed by atoms with E-state index < -0.39 is 6.04 Å². The molecule has 4 rings (SSSR count). The molecule has 1 saturated carbocycles. The van der Waals surface area contributed by atoms with Crippen molar-refractivity contribution < 1.29 is 9.59 Å². The van der Waals surface area contributed by atoms with Crippen LogP contribution in [0.15, 0.2) is 60.2 Å². The monoisotopic (exact) mass is 393 g/mol. The summed E-state index contributed by atoms with van der Waals surface area (Å²) >= 11 is 1.12. The van der Waals surface area contributed by atoms with E-state index in [1.165, 1.54) is 0 Å². The van der Waals surface area contributed by atoms with Gasteiger partial charge in [-0.25, -0.2) is 0 Å². The van der Waals surface area contributed by atoms with E-state index in [9.17, 15) is 9.59 Å². The number of benzene rings is 1. The second kappa shape index (κ2) is 8.26. The molecule has 0 bridgehead atoms. The molecule has 2 amide bonds. The Bertz CT molecular complexity index is 930. The highest BCUT2D eigenvalue weighted by molar-refractivity contribution is 7.03. The Kier molecular flexibility index (Phi) is 5.38. The largest absolute Gasteiger partial charge is 0.350 e. The van der Waals surface area contributed by atoms with E-state index in [4.69, 9.17) is 0 Å². The Labute approximate surface area is 166 Å². The number of rotatable bonds is 7. The summed E-state index contributed by atoms with van der Waals surface area (Å²) in [5.41, 5.74) is 1.99. The van der Waals surface area contributed by atoms with Crippen molar-refractivity contribution in [2.75, 3.05) is 0 Å². The summed E-state index contributed by atoms with van der Waals surface area (Å²) in [6.45, 7) is 0.395. The molecule has 1 aromatic carbocycles. The summed E-state index contributed by atoms with van der Waals surface area (Å²) < 4.78 is 3.79. The van der Waals surface area contributed by atoms with Gasteiger partial charge in [-0.15, -0.1) is 5.10 Å². The molecule has 2 aromatic heterocycles. The summed E-state index contributed by atoms with van der Waals surface area (Å²) in [4.78, 5) is 32.0. The van der Waals surface area contributed by atoms with Crippen LogP contribution in [0.25, 0.3) is 0 Å². The lowest BCUT2D eigenvalue weighted by molar-refractivity contribution is -0.126. The van der Waals surface area contributed by atoms with E-state index in [1.54, 1.807) is 34.8 Å². The maximum atomic E-state index is 13.2. The Morgan fingerprint density at radius 3 is 2.54 bits per heavy atom. The van der Waals surface area contributed by atoms with E-state index in [-0.39, 0.29) is 23.6 Å². The zero-order chi connectivity index (χ0) is 19.3. The molecule has 0 aliphatic heterocycles. The first-order chi connectivity index (χ1) is 13.7. The lowest BCUT2D eigenvalue weighted by Gasteiger charge is -2.30. The quantitative estimate of drug-likeness (QED) is 0.667. The van der Waals surface area contributed by atoms with Crippen LogP contribution in [0.5, 0.6) is 0 Å². The van der Waals surface area contributed by atoms with E-state index in [2.05, 4.69) is 19.9 Å². The number of nitrogens with zero attached hydrogens (tertiary/aromatic N) is 4. The van der Waals surface area contributed by atoms with Crippen molar-refractivity contribution >= 4 is 23.3 Å². The fourth-order valence-corrected chi connectivity index (χ4v) is 3.53. The van der Waals surface area contributed by atoms with Crippen LogP contribution in [0, 0.1) is 0 Å². The van der Waals surface area contributed by atoms with Crippen molar-refractivity contribution in [3.8, 4) is 0 Å². The van der Waals surface area contributed by atoms with Gasteiger partial charge in [-0.2, -0.15) is 0 Å². The number of pyridine rings is 1. The van der Waals surface area contributed by atoms with Crippen molar-refractivity contribution in [3.63, 3.8) is 0 Å². The van der Waals surface area contributed by atoms with Gasteiger partial charge in [-0.1, -0.05) is 34.8 Å². The van der Waals surface area contributed by atoms with Gasteiger partial charge in [0.1, 0.15) is 6.04 Å². The van der Waals surface area contributed by atoms with Gasteiger partial charge in [0.2, 0.25) is 5.91 Å². The van der Waals surface area contributed by atoms with E-state index in [0.29, 0.717) is 6.54 Å². The van der Waals surface area contributed by atoms with Crippen LogP contribution in [0.1, 0.15) is 40.5 Å². The minimum absolute atomic E-state index is 0.0230. The molecule has 2 heterocycles. The third-order valence-corrected chi connectivity index (χ3v) is 5.12. The molecule has 1 aliphatic carbocycles. The molecule has 1 aliphatic rings. The van der Waals surface area contributed by atoms with Gasteiger partial charge in [0.25, 0.3) is 5.91 Å². The van der Waals surface area contributed by atoms with Crippen LogP contribution < -0.4 is 5.32 Å². The van der Waals surface area contributed by atoms with E-state index >= 15 is 0 Å². The Balaban J connectivity index is 1.62. The van der Waals surface area contributed by atoms with Crippen molar-refractivity contribution in [2.24, 2.45) is 0 Å². The van der Waals surface area contributed by atoms with Crippen molar-refractivity contribution in [1.29, 1.82) is 0 Å². The SMILES string of the molecule is O=C(NCc1ccccc1)[C@H](c1ccncc1)N(C(=O)c1csnn1)C1CC1. The van der Waals surface area contributed by atoms with Crippen LogP contribution >= 0.6 is 11.5 Å². The number of hydrogen-bond donors (Lipinski definition) is 1. The van der Waals surface area contributed by atoms with Crippen LogP contribution in [0.3, 0.4) is 0 Å². The second-order valence-corrected chi connectivity index (χ2v) is 7.23. The summed E-state index contributed by atoms with van der Waals surface area (Å²) in [7, 11) is 0. The molecule has 1 fully saturated rings. The van der Waals surface area contributed by atoms with Crippen molar-refractivity contribution in [3.05, 3.63) is 77.1 Å². The number of aromatic nitrogens is 3. The molecule has 7 nitrogen and oxygen atoms in total. The third kappa shape index (κ3) is 4.07. The second-order valence-electron chi connectivity index (χ2n) is 6.62. The van der Waals surface area contributed by atoms with Gasteiger partial charge in [0.05, 0.1) is 0 Å². The fraction of sp³-hybridized carbons (Fsp3) is 0.250. The number of nitrogens with one attached hydrogen (secondary N) is 1. The molecular formula is C20H19N5O2S. The van der Waals surface area contributed by atoms with Gasteiger partial charge in [0, 0.05) is 30.4 Å². The summed E-state index contributed by atoms with van der Waals surface area (Å²) in [5, 5.41) is 8.50. The molecule has 142 valence electrons. The third-order valence-electron chi connectivity index (χ3n) is 4.61. The van der Waals surface area contributed by atoms with Gasteiger partial charge >= 0.3 is 0 Å². The minimum Gasteiger partial charge on any atom is -0.350 e. The molecule has 8 heteroatoms. The lowest BCUT2D eigenvalue weighted by Crippen LogP contribution is -2.45. The molecular weight excluding hydrogens is 374 g/mol. The standard InChI is InChI=1S/C20H19N5O2S/c26-19(22-12-14-4-2-1-3-5-14)18(15-8-10-21-11-9-15)25(16-6-7-16)20(27)17-13-28-24-23-17/h1-5,8-11,13,16,18H,6-7,12H2,(H,22,26)/t18-/m0/s1. The predicted molar refractivity (Wildman–Crippen MR) is 104 cm³/mol. The predicted octanol–water partition coefficient (Wildman–Crippen LogP) is 2.60. The summed E-state index contributed by atoms with van der Waals surface area (Å²) in [5.74, 6) is -0.494. The fourth-order valence-electron chi connectivity index (χ4n) is 3.10. The van der Waals surface area contributed by atoms with E-state index in [1.807, 2.05) is 30.3 Å². The summed E-state index contributed by atoms with van der Waals surface area (Å²) in [6.07, 6.45) is 5.01. The zero-order valence-corrected chi connectivity index (χ0v) is 15.9. The Morgan fingerprint density at radius 2 is 1.89 bits per heavy atom. The molecule has 28 heavy (non-hydrogen) atoms. The molecule has 1 N–H and O–H groups in total. The highest BCUT2D eigenvalue weighted by Gasteiger charge is 2.42. The first-order valence-electron chi connectivity index (χ1n) is 9.05. The van der Waals surface area contributed by atoms with E-state index in [0.717, 1.165) is 35.5 Å². The van der Waals surface area contributed by atoms with Crippen LogP contribution in [-0.4, -0.2) is 37.3 Å². The molecule has 0 radical (unpaired) electrons.